The van der Waals surface area contributed by atoms with Gasteiger partial charge in [-0.3, -0.25) is 4.90 Å². The number of nitrogens with one attached hydrogen (secondary N) is 1. The van der Waals surface area contributed by atoms with Crippen LogP contribution in [0, 0.1) is 12.8 Å². The monoisotopic (exact) mass is 280 g/mol. The highest BCUT2D eigenvalue weighted by molar-refractivity contribution is 5.05. The molecule has 0 spiro atoms. The molecule has 114 valence electrons. The van der Waals surface area contributed by atoms with Gasteiger partial charge in [0.05, 0.1) is 19.8 Å². The van der Waals surface area contributed by atoms with Gasteiger partial charge in [-0.1, -0.05) is 13.8 Å². The number of aryl methyl sites for hydroxylation is 1. The first-order valence-corrected chi connectivity index (χ1v) is 7.73. The average molecular weight is 280 g/mol. The molecule has 1 N–H and O–H groups in total. The van der Waals surface area contributed by atoms with Gasteiger partial charge in [-0.2, -0.15) is 0 Å². The van der Waals surface area contributed by atoms with Crippen molar-refractivity contribution < 1.29 is 9.15 Å². The Balaban J connectivity index is 1.80. The molecular formula is C16H28N2O2. The predicted molar refractivity (Wildman–Crippen MR) is 80.8 cm³/mol. The van der Waals surface area contributed by atoms with Crippen LogP contribution in [0.25, 0.3) is 0 Å². The zero-order chi connectivity index (χ0) is 14.4. The molecule has 20 heavy (non-hydrogen) atoms. The first-order valence-electron chi connectivity index (χ1n) is 7.73. The molecule has 2 rings (SSSR count). The van der Waals surface area contributed by atoms with E-state index in [1.165, 1.54) is 6.42 Å². The average Bonchev–Trinajstić information content (AvgIpc) is 2.84. The molecule has 4 heteroatoms. The van der Waals surface area contributed by atoms with Gasteiger partial charge in [0.1, 0.15) is 11.5 Å². The van der Waals surface area contributed by atoms with E-state index in [1.807, 2.05) is 13.0 Å². The van der Waals surface area contributed by atoms with Crippen molar-refractivity contribution in [3.63, 3.8) is 0 Å². The molecule has 1 aliphatic heterocycles. The van der Waals surface area contributed by atoms with Crippen LogP contribution in [0.2, 0.25) is 0 Å². The minimum atomic E-state index is 0.593. The summed E-state index contributed by atoms with van der Waals surface area (Å²) in [4.78, 5) is 2.56. The zero-order valence-corrected chi connectivity index (χ0v) is 13.0. The number of ether oxygens (including phenoxy) is 1. The zero-order valence-electron chi connectivity index (χ0n) is 13.0. The second-order valence-corrected chi connectivity index (χ2v) is 6.07. The van der Waals surface area contributed by atoms with E-state index in [0.717, 1.165) is 56.8 Å². The highest BCUT2D eigenvalue weighted by Gasteiger charge is 2.21. The standard InChI is InChI=1S/C16H28N2O2/c1-13(2)10-15(18-6-8-19-9-7-18)11-17-12-16-5-4-14(3)20-16/h4-5,13,15,17H,6-12H2,1-3H3. The topological polar surface area (TPSA) is 37.6 Å². The van der Waals surface area contributed by atoms with Crippen LogP contribution in [-0.2, 0) is 11.3 Å². The number of morpholine rings is 1. The van der Waals surface area contributed by atoms with Gasteiger partial charge in [-0.15, -0.1) is 0 Å². The summed E-state index contributed by atoms with van der Waals surface area (Å²) in [6.45, 7) is 12.2. The van der Waals surface area contributed by atoms with Crippen molar-refractivity contribution in [3.05, 3.63) is 23.7 Å². The minimum Gasteiger partial charge on any atom is -0.465 e. The van der Waals surface area contributed by atoms with Gasteiger partial charge >= 0.3 is 0 Å². The van der Waals surface area contributed by atoms with Gasteiger partial charge in [-0.25, -0.2) is 0 Å². The maximum Gasteiger partial charge on any atom is 0.117 e. The molecular weight excluding hydrogens is 252 g/mol. The van der Waals surface area contributed by atoms with Crippen molar-refractivity contribution in [2.45, 2.75) is 39.8 Å². The van der Waals surface area contributed by atoms with Crippen LogP contribution >= 0.6 is 0 Å². The van der Waals surface area contributed by atoms with Crippen molar-refractivity contribution in [1.29, 1.82) is 0 Å². The summed E-state index contributed by atoms with van der Waals surface area (Å²) < 4.78 is 11.1. The molecule has 1 atom stereocenters. The molecule has 1 aromatic heterocycles. The van der Waals surface area contributed by atoms with E-state index in [2.05, 4.69) is 30.1 Å². The molecule has 0 bridgehead atoms. The maximum atomic E-state index is 5.60. The minimum absolute atomic E-state index is 0.593. The summed E-state index contributed by atoms with van der Waals surface area (Å²) >= 11 is 0. The van der Waals surface area contributed by atoms with Gasteiger partial charge in [-0.05, 0) is 31.4 Å². The third kappa shape index (κ3) is 4.93. The molecule has 2 heterocycles. The Labute approximate surface area is 122 Å². The Kier molecular flexibility index (Phi) is 6.07. The lowest BCUT2D eigenvalue weighted by Gasteiger charge is -2.35. The van der Waals surface area contributed by atoms with Crippen LogP contribution < -0.4 is 5.32 Å². The van der Waals surface area contributed by atoms with Crippen LogP contribution in [0.4, 0.5) is 0 Å². The Bertz CT molecular complexity index is 384. The number of hydrogen-bond acceptors (Lipinski definition) is 4. The van der Waals surface area contributed by atoms with Gasteiger partial charge in [0.25, 0.3) is 0 Å². The van der Waals surface area contributed by atoms with Gasteiger partial charge in [0.2, 0.25) is 0 Å². The van der Waals surface area contributed by atoms with Crippen LogP contribution in [0.1, 0.15) is 31.8 Å². The lowest BCUT2D eigenvalue weighted by molar-refractivity contribution is 0.0122. The molecule has 1 aromatic rings. The van der Waals surface area contributed by atoms with Crippen LogP contribution in [0.3, 0.4) is 0 Å². The highest BCUT2D eigenvalue weighted by Crippen LogP contribution is 2.13. The Morgan fingerprint density at radius 3 is 2.60 bits per heavy atom. The Hall–Kier alpha value is -0.840. The maximum absolute atomic E-state index is 5.60. The van der Waals surface area contributed by atoms with E-state index in [1.54, 1.807) is 0 Å². The summed E-state index contributed by atoms with van der Waals surface area (Å²) in [7, 11) is 0. The van der Waals surface area contributed by atoms with Crippen LogP contribution in [0.5, 0.6) is 0 Å². The van der Waals surface area contributed by atoms with Crippen molar-refractivity contribution in [2.24, 2.45) is 5.92 Å². The summed E-state index contributed by atoms with van der Waals surface area (Å²) in [6, 6.07) is 4.66. The second-order valence-electron chi connectivity index (χ2n) is 6.07. The Morgan fingerprint density at radius 1 is 1.25 bits per heavy atom. The smallest absolute Gasteiger partial charge is 0.117 e. The molecule has 1 fully saturated rings. The van der Waals surface area contributed by atoms with Gasteiger partial charge in [0.15, 0.2) is 0 Å². The normalized spacial score (nSPS) is 18.6. The molecule has 0 aliphatic carbocycles. The van der Waals surface area contributed by atoms with Crippen molar-refractivity contribution in [1.82, 2.24) is 10.2 Å². The summed E-state index contributed by atoms with van der Waals surface area (Å²) in [6.07, 6.45) is 1.23. The largest absolute Gasteiger partial charge is 0.465 e. The third-order valence-electron chi connectivity index (χ3n) is 3.78. The second kappa shape index (κ2) is 7.81. The first kappa shape index (κ1) is 15.5. The van der Waals surface area contributed by atoms with E-state index in [0.29, 0.717) is 6.04 Å². The van der Waals surface area contributed by atoms with Gasteiger partial charge < -0.3 is 14.5 Å². The predicted octanol–water partition coefficient (Wildman–Crippen LogP) is 2.42. The van der Waals surface area contributed by atoms with E-state index in [9.17, 15) is 0 Å². The molecule has 0 saturated carbocycles. The lowest BCUT2D eigenvalue weighted by atomic mass is 10.0. The first-order chi connectivity index (χ1) is 9.65. The summed E-state index contributed by atoms with van der Waals surface area (Å²) in [5, 5.41) is 3.54. The molecule has 0 aromatic carbocycles. The van der Waals surface area contributed by atoms with Crippen LogP contribution in [-0.4, -0.2) is 43.8 Å². The fourth-order valence-corrected chi connectivity index (χ4v) is 2.79. The fraction of sp³-hybridized carbons (Fsp3) is 0.750. The van der Waals surface area contributed by atoms with Gasteiger partial charge in [0, 0.05) is 25.7 Å². The molecule has 1 saturated heterocycles. The molecule has 1 aliphatic rings. The van der Waals surface area contributed by atoms with E-state index in [-0.39, 0.29) is 0 Å². The quantitative estimate of drug-likeness (QED) is 0.832. The van der Waals surface area contributed by atoms with E-state index < -0.39 is 0 Å². The van der Waals surface area contributed by atoms with Crippen molar-refractivity contribution in [2.75, 3.05) is 32.8 Å². The SMILES string of the molecule is Cc1ccc(CNCC(CC(C)C)N2CCOCC2)o1. The van der Waals surface area contributed by atoms with E-state index >= 15 is 0 Å². The highest BCUT2D eigenvalue weighted by atomic mass is 16.5. The lowest BCUT2D eigenvalue weighted by Crippen LogP contribution is -2.48. The van der Waals surface area contributed by atoms with Crippen molar-refractivity contribution >= 4 is 0 Å². The molecule has 0 amide bonds. The van der Waals surface area contributed by atoms with E-state index in [4.69, 9.17) is 9.15 Å². The molecule has 1 unspecified atom stereocenters. The number of rotatable bonds is 7. The van der Waals surface area contributed by atoms with Crippen LogP contribution in [0.15, 0.2) is 16.5 Å². The summed E-state index contributed by atoms with van der Waals surface area (Å²) in [5.41, 5.74) is 0. The fourth-order valence-electron chi connectivity index (χ4n) is 2.79. The van der Waals surface area contributed by atoms with Crippen molar-refractivity contribution in [3.8, 4) is 0 Å². The Morgan fingerprint density at radius 2 is 2.00 bits per heavy atom. The molecule has 0 radical (unpaired) electrons. The number of hydrogen-bond donors (Lipinski definition) is 1. The number of furan rings is 1. The number of nitrogens with zero attached hydrogens (tertiary/aromatic N) is 1. The molecule has 4 nitrogen and oxygen atoms in total. The third-order valence-corrected chi connectivity index (χ3v) is 3.78. The summed E-state index contributed by atoms with van der Waals surface area (Å²) in [5.74, 6) is 2.72.